The number of nitrogens with two attached hydrogens (primary N) is 2. The summed E-state index contributed by atoms with van der Waals surface area (Å²) in [5.74, 6) is 0.837. The molecule has 0 unspecified atom stereocenters. The van der Waals surface area contributed by atoms with Gasteiger partial charge < -0.3 is 25.8 Å². The van der Waals surface area contributed by atoms with Crippen molar-refractivity contribution in [3.63, 3.8) is 0 Å². The highest BCUT2D eigenvalue weighted by Crippen LogP contribution is 2.39. The molecule has 0 saturated heterocycles. The van der Waals surface area contributed by atoms with Crippen molar-refractivity contribution in [1.29, 1.82) is 10.8 Å². The summed E-state index contributed by atoms with van der Waals surface area (Å²) in [6.45, 7) is 1.96. The predicted molar refractivity (Wildman–Crippen MR) is 149 cm³/mol. The smallest absolute Gasteiger partial charge is 0.370 e. The number of benzene rings is 2. The summed E-state index contributed by atoms with van der Waals surface area (Å²) in [5.41, 5.74) is 14.4. The van der Waals surface area contributed by atoms with Crippen LogP contribution in [0.2, 0.25) is 0 Å². The summed E-state index contributed by atoms with van der Waals surface area (Å²) < 4.78 is 44.2. The predicted octanol–water partition coefficient (Wildman–Crippen LogP) is 4.13. The van der Waals surface area contributed by atoms with Gasteiger partial charge in [-0.05, 0) is 41.2 Å². The average Bonchev–Trinajstić information content (AvgIpc) is 3.33. The molecule has 0 aliphatic carbocycles. The number of aromatic nitrogens is 3. The lowest BCUT2D eigenvalue weighted by molar-refractivity contribution is -0.137. The van der Waals surface area contributed by atoms with Crippen molar-refractivity contribution in [2.75, 3.05) is 26.2 Å². The molecule has 0 fully saturated rings. The first-order valence-corrected chi connectivity index (χ1v) is 12.8. The van der Waals surface area contributed by atoms with Crippen LogP contribution in [-0.4, -0.2) is 62.7 Å². The van der Waals surface area contributed by atoms with E-state index in [1.165, 1.54) is 11.6 Å². The van der Waals surface area contributed by atoms with Gasteiger partial charge in [-0.15, -0.1) is 10.2 Å². The largest absolute Gasteiger partial charge is 0.417 e. The maximum atomic E-state index is 14.2. The molecule has 1 aromatic heterocycles. The van der Waals surface area contributed by atoms with Crippen LogP contribution < -0.4 is 11.5 Å². The fraction of sp³-hybridized carbons (Fsp3) is 0.286. The van der Waals surface area contributed by atoms with E-state index in [0.717, 1.165) is 23.6 Å². The summed E-state index contributed by atoms with van der Waals surface area (Å²) in [7, 11) is 1.74. The number of halogens is 3. The van der Waals surface area contributed by atoms with Crippen LogP contribution in [0.4, 0.5) is 13.2 Å². The lowest BCUT2D eigenvalue weighted by Crippen LogP contribution is -2.39. The molecule has 12 heteroatoms. The van der Waals surface area contributed by atoms with E-state index in [-0.39, 0.29) is 17.5 Å². The summed E-state index contributed by atoms with van der Waals surface area (Å²) in [4.78, 5) is 3.40. The van der Waals surface area contributed by atoms with E-state index in [0.29, 0.717) is 55.4 Å². The van der Waals surface area contributed by atoms with Crippen molar-refractivity contribution in [2.24, 2.45) is 18.5 Å². The average molecular weight is 550 g/mol. The second kappa shape index (κ2) is 10.5. The van der Waals surface area contributed by atoms with Crippen molar-refractivity contribution in [2.45, 2.75) is 19.0 Å². The molecule has 2 aromatic carbocycles. The van der Waals surface area contributed by atoms with Crippen LogP contribution >= 0.6 is 0 Å². The Bertz CT molecular complexity index is 1520. The number of hydrogen-bond donors (Lipinski definition) is 4. The van der Waals surface area contributed by atoms with Gasteiger partial charge in [0, 0.05) is 44.4 Å². The van der Waals surface area contributed by atoms with Crippen LogP contribution in [-0.2, 0) is 13.2 Å². The molecule has 0 amide bonds. The van der Waals surface area contributed by atoms with Crippen LogP contribution in [0.25, 0.3) is 33.9 Å². The first-order chi connectivity index (χ1) is 19.0. The van der Waals surface area contributed by atoms with E-state index in [1.807, 2.05) is 24.3 Å². The van der Waals surface area contributed by atoms with E-state index < -0.39 is 11.7 Å². The fourth-order valence-electron chi connectivity index (χ4n) is 5.15. The minimum absolute atomic E-state index is 0.0628. The maximum absolute atomic E-state index is 14.2. The summed E-state index contributed by atoms with van der Waals surface area (Å²) in [6.07, 6.45) is 0.331. The summed E-state index contributed by atoms with van der Waals surface area (Å²) >= 11 is 0. The van der Waals surface area contributed by atoms with Gasteiger partial charge in [-0.2, -0.15) is 13.2 Å². The third-order valence-electron chi connectivity index (χ3n) is 7.42. The molecule has 2 aliphatic heterocycles. The van der Waals surface area contributed by atoms with Crippen molar-refractivity contribution >= 4 is 23.1 Å². The number of guanidine groups is 2. The molecule has 0 spiro atoms. The van der Waals surface area contributed by atoms with Gasteiger partial charge in [0.2, 0.25) is 0 Å². The van der Waals surface area contributed by atoms with Gasteiger partial charge >= 0.3 is 6.18 Å². The number of nitrogens with zero attached hydrogens (tertiary/aromatic N) is 5. The standard InChI is InChI=1S/C28H30F3N9/c1-38-24(20-4-2-17(3-5-20)18-8-12-39(13-9-18)26(32)33)36-37-25(38)21-6-7-22(23(16-21)28(29,30)31)19-10-14-40(15-11-19)27(34)35/h2-8,10,16H,9,11-15H2,1H3,(H3,32,33)(H3,34,35). The molecule has 9 nitrogen and oxygen atoms in total. The Hall–Kier alpha value is -4.61. The lowest BCUT2D eigenvalue weighted by atomic mass is 9.93. The zero-order chi connectivity index (χ0) is 28.6. The molecule has 0 atom stereocenters. The van der Waals surface area contributed by atoms with Gasteiger partial charge in [-0.1, -0.05) is 48.6 Å². The Morgan fingerprint density at radius 3 is 1.77 bits per heavy atom. The van der Waals surface area contributed by atoms with Gasteiger partial charge in [0.05, 0.1) is 5.56 Å². The van der Waals surface area contributed by atoms with Gasteiger partial charge in [0.15, 0.2) is 23.6 Å². The second-order valence-electron chi connectivity index (χ2n) is 9.86. The van der Waals surface area contributed by atoms with Crippen LogP contribution in [0.3, 0.4) is 0 Å². The second-order valence-corrected chi connectivity index (χ2v) is 9.86. The van der Waals surface area contributed by atoms with Crippen LogP contribution in [0.5, 0.6) is 0 Å². The molecule has 6 N–H and O–H groups in total. The zero-order valence-electron chi connectivity index (χ0n) is 22.0. The number of hydrogen-bond acceptors (Lipinski definition) is 4. The topological polar surface area (TPSA) is 137 Å². The Labute approximate surface area is 229 Å². The Morgan fingerprint density at radius 2 is 1.27 bits per heavy atom. The van der Waals surface area contributed by atoms with Gasteiger partial charge in [-0.3, -0.25) is 10.8 Å². The number of rotatable bonds is 4. The van der Waals surface area contributed by atoms with Crippen molar-refractivity contribution in [3.05, 3.63) is 71.3 Å². The highest BCUT2D eigenvalue weighted by Gasteiger charge is 2.35. The molecular weight excluding hydrogens is 519 g/mol. The quantitative estimate of drug-likeness (QED) is 0.285. The van der Waals surface area contributed by atoms with Crippen LogP contribution in [0.1, 0.15) is 29.5 Å². The molecule has 208 valence electrons. The molecule has 0 bridgehead atoms. The number of alkyl halides is 3. The monoisotopic (exact) mass is 549 g/mol. The van der Waals surface area contributed by atoms with Gasteiger partial charge in [-0.25, -0.2) is 0 Å². The Kier molecular flexibility index (Phi) is 7.09. The fourth-order valence-corrected chi connectivity index (χ4v) is 5.15. The Balaban J connectivity index is 1.41. The molecular formula is C28H30F3N9. The highest BCUT2D eigenvalue weighted by molar-refractivity contribution is 5.79. The number of nitrogens with one attached hydrogen (secondary N) is 2. The van der Waals surface area contributed by atoms with Crippen LogP contribution in [0, 0.1) is 10.8 Å². The highest BCUT2D eigenvalue weighted by atomic mass is 19.4. The van der Waals surface area contributed by atoms with Crippen LogP contribution in [0.15, 0.2) is 54.6 Å². The first-order valence-electron chi connectivity index (χ1n) is 12.8. The normalized spacial score (nSPS) is 16.0. The zero-order valence-corrected chi connectivity index (χ0v) is 22.0. The molecule has 2 aliphatic rings. The van der Waals surface area contributed by atoms with E-state index in [2.05, 4.69) is 16.3 Å². The molecule has 3 aromatic rings. The van der Waals surface area contributed by atoms with Gasteiger partial charge in [0.25, 0.3) is 0 Å². The Morgan fingerprint density at radius 1 is 0.775 bits per heavy atom. The first kappa shape index (κ1) is 27.0. The lowest BCUT2D eigenvalue weighted by Gasteiger charge is -2.27. The van der Waals surface area contributed by atoms with E-state index in [1.54, 1.807) is 33.6 Å². The summed E-state index contributed by atoms with van der Waals surface area (Å²) in [6, 6.07) is 12.1. The molecule has 0 saturated carbocycles. The van der Waals surface area contributed by atoms with Crippen molar-refractivity contribution in [1.82, 2.24) is 24.6 Å². The minimum Gasteiger partial charge on any atom is -0.370 e. The molecule has 3 heterocycles. The van der Waals surface area contributed by atoms with E-state index >= 15 is 0 Å². The molecule has 40 heavy (non-hydrogen) atoms. The summed E-state index contributed by atoms with van der Waals surface area (Å²) in [5, 5.41) is 23.6. The minimum atomic E-state index is -4.56. The van der Waals surface area contributed by atoms with E-state index in [4.69, 9.17) is 22.3 Å². The van der Waals surface area contributed by atoms with Gasteiger partial charge in [0.1, 0.15) is 0 Å². The molecule has 5 rings (SSSR count). The van der Waals surface area contributed by atoms with Crippen molar-refractivity contribution in [3.8, 4) is 22.8 Å². The third kappa shape index (κ3) is 5.29. The third-order valence-corrected chi connectivity index (χ3v) is 7.42. The molecule has 0 radical (unpaired) electrons. The van der Waals surface area contributed by atoms with E-state index in [9.17, 15) is 13.2 Å². The maximum Gasteiger partial charge on any atom is 0.417 e. The SMILES string of the molecule is Cn1c(-c2ccc(C3=CCN(C(=N)N)CC3)cc2)nnc1-c1ccc(C2=CCN(C(=N)N)CC2)c(C(F)(F)F)c1. The van der Waals surface area contributed by atoms with Crippen molar-refractivity contribution < 1.29 is 13.2 Å².